The molecule has 0 aromatic carbocycles. The fraction of sp³-hybridized carbons (Fsp3) is 1.00. The van der Waals surface area contributed by atoms with Gasteiger partial charge in [-0.05, 0) is 6.42 Å². The number of rotatable bonds is 8. The van der Waals surface area contributed by atoms with Crippen molar-refractivity contribution < 1.29 is 52.4 Å². The first-order valence-corrected chi connectivity index (χ1v) is 6.23. The predicted octanol–water partition coefficient (Wildman–Crippen LogP) is -2.55. The van der Waals surface area contributed by atoms with Gasteiger partial charge in [0.1, 0.15) is 6.79 Å². The Balaban J connectivity index is 0. The summed E-state index contributed by atoms with van der Waals surface area (Å²) in [5, 5.41) is 8.47. The Morgan fingerprint density at radius 3 is 2.40 bits per heavy atom. The van der Waals surface area contributed by atoms with E-state index in [9.17, 15) is 13.0 Å². The first-order chi connectivity index (χ1) is 6.49. The molecule has 1 unspecified atom stereocenters. The molecule has 0 heterocycles. The summed E-state index contributed by atoms with van der Waals surface area (Å²) < 4.78 is 36.0. The van der Waals surface area contributed by atoms with E-state index in [-0.39, 0.29) is 29.6 Å². The number of ether oxygens (including phenoxy) is 1. The molecular weight excluding hydrogens is 231 g/mol. The molecule has 0 fully saturated rings. The van der Waals surface area contributed by atoms with Crippen LogP contribution >= 0.6 is 0 Å². The van der Waals surface area contributed by atoms with Gasteiger partial charge in [0.2, 0.25) is 0 Å². The van der Waals surface area contributed by atoms with Crippen molar-refractivity contribution >= 4 is 10.1 Å². The van der Waals surface area contributed by atoms with E-state index < -0.39 is 28.8 Å². The molecule has 0 amide bonds. The maximum Gasteiger partial charge on any atom is 1.00 e. The summed E-state index contributed by atoms with van der Waals surface area (Å²) in [7, 11) is -4.27. The van der Waals surface area contributed by atoms with Gasteiger partial charge in [0.05, 0.1) is 22.0 Å². The van der Waals surface area contributed by atoms with Crippen molar-refractivity contribution in [2.75, 3.05) is 12.5 Å². The minimum Gasteiger partial charge on any atom is -0.748 e. The Hall–Kier alpha value is 0.830. The van der Waals surface area contributed by atoms with Gasteiger partial charge in [-0.15, -0.1) is 0 Å². The van der Waals surface area contributed by atoms with E-state index in [1.165, 1.54) is 0 Å². The molecule has 5 nitrogen and oxygen atoms in total. The van der Waals surface area contributed by atoms with Gasteiger partial charge in [0.25, 0.3) is 0 Å². The Labute approximate surface area is 113 Å². The molecule has 0 radical (unpaired) electrons. The topological polar surface area (TPSA) is 86.7 Å². The van der Waals surface area contributed by atoms with Crippen molar-refractivity contribution in [3.63, 3.8) is 0 Å². The van der Waals surface area contributed by atoms with Crippen LogP contribution in [0.1, 0.15) is 32.6 Å². The monoisotopic (exact) mass is 248 g/mol. The number of hydrogen-bond donors (Lipinski definition) is 1. The van der Waals surface area contributed by atoms with Crippen molar-refractivity contribution in [2.24, 2.45) is 0 Å². The Morgan fingerprint density at radius 2 is 2.00 bits per heavy atom. The summed E-state index contributed by atoms with van der Waals surface area (Å²) in [6.07, 6.45) is 2.60. The molecule has 7 heteroatoms. The van der Waals surface area contributed by atoms with E-state index in [1.54, 1.807) is 0 Å². The Kier molecular flexibility index (Phi) is 12.2. The van der Waals surface area contributed by atoms with Gasteiger partial charge >= 0.3 is 29.6 Å². The minimum atomic E-state index is -4.27. The van der Waals surface area contributed by atoms with Crippen molar-refractivity contribution in [2.45, 2.75) is 38.7 Å². The van der Waals surface area contributed by atoms with Gasteiger partial charge in [-0.2, -0.15) is 0 Å². The maximum atomic E-state index is 10.4. The zero-order valence-corrected chi connectivity index (χ0v) is 12.1. The third-order valence-electron chi connectivity index (χ3n) is 1.83. The smallest absolute Gasteiger partial charge is 0.748 e. The minimum absolute atomic E-state index is 0. The summed E-state index contributed by atoms with van der Waals surface area (Å²) in [6, 6.07) is 0. The van der Waals surface area contributed by atoms with Crippen molar-refractivity contribution in [1.29, 1.82) is 0 Å². The van der Waals surface area contributed by atoms with Crippen LogP contribution in [0, 0.1) is 0 Å². The van der Waals surface area contributed by atoms with Crippen LogP contribution in [0.25, 0.3) is 0 Å². The van der Waals surface area contributed by atoms with Crippen LogP contribution in [-0.4, -0.2) is 36.7 Å². The summed E-state index contributed by atoms with van der Waals surface area (Å²) in [5.74, 6) is -0.558. The van der Waals surface area contributed by atoms with Crippen LogP contribution in [0.2, 0.25) is 0 Å². The third kappa shape index (κ3) is 12.8. The molecule has 0 bridgehead atoms. The molecule has 86 valence electrons. The molecule has 0 aliphatic carbocycles. The van der Waals surface area contributed by atoms with Crippen LogP contribution in [0.3, 0.4) is 0 Å². The third-order valence-corrected chi connectivity index (χ3v) is 2.61. The van der Waals surface area contributed by atoms with Gasteiger partial charge in [-0.25, -0.2) is 8.42 Å². The van der Waals surface area contributed by atoms with Crippen LogP contribution in [0.5, 0.6) is 0 Å². The molecule has 15 heavy (non-hydrogen) atoms. The van der Waals surface area contributed by atoms with Gasteiger partial charge in [0, 0.05) is 0 Å². The molecule has 1 N–H and O–H groups in total. The van der Waals surface area contributed by atoms with E-state index in [0.29, 0.717) is 6.42 Å². The van der Waals surface area contributed by atoms with Crippen molar-refractivity contribution in [1.82, 2.24) is 0 Å². The maximum absolute atomic E-state index is 10.4. The van der Waals surface area contributed by atoms with Gasteiger partial charge in [0.15, 0.2) is 0 Å². The fourth-order valence-corrected chi connectivity index (χ4v) is 1.89. The second kappa shape index (κ2) is 10.0. The molecule has 0 aliphatic heterocycles. The van der Waals surface area contributed by atoms with E-state index in [4.69, 9.17) is 9.84 Å². The standard InChI is InChI=1S/C8H18O5S.Na/c1-2-3-4-5-8(13-7-9)6-14(10,11)12;/h8-9H,2-7H2,1H3,(H,10,11,12);/q;+1/p-1. The molecule has 0 aromatic rings. The number of hydrogen-bond acceptors (Lipinski definition) is 5. The van der Waals surface area contributed by atoms with Crippen molar-refractivity contribution in [3.8, 4) is 0 Å². The Morgan fingerprint density at radius 1 is 1.40 bits per heavy atom. The number of aliphatic hydroxyl groups is 1. The predicted molar refractivity (Wildman–Crippen MR) is 50.7 cm³/mol. The van der Waals surface area contributed by atoms with Gasteiger partial charge in [-0.1, -0.05) is 26.2 Å². The first-order valence-electron chi connectivity index (χ1n) is 4.65. The zero-order valence-electron chi connectivity index (χ0n) is 9.31. The van der Waals surface area contributed by atoms with Crippen LogP contribution in [0.15, 0.2) is 0 Å². The molecule has 0 spiro atoms. The molecule has 0 rings (SSSR count). The molecule has 0 saturated carbocycles. The second-order valence-corrected chi connectivity index (χ2v) is 4.59. The molecule has 0 aliphatic rings. The summed E-state index contributed by atoms with van der Waals surface area (Å²) >= 11 is 0. The largest absolute Gasteiger partial charge is 1.00 e. The normalized spacial score (nSPS) is 13.3. The number of aliphatic hydroxyl groups excluding tert-OH is 1. The van der Waals surface area contributed by atoms with E-state index >= 15 is 0 Å². The molecular formula is C8H17NaO5S. The average molecular weight is 248 g/mol. The number of unbranched alkanes of at least 4 members (excludes halogenated alkanes) is 2. The average Bonchev–Trinajstić information content (AvgIpc) is 2.02. The zero-order chi connectivity index (χ0) is 11.0. The van der Waals surface area contributed by atoms with E-state index in [0.717, 1.165) is 19.3 Å². The van der Waals surface area contributed by atoms with E-state index in [1.807, 2.05) is 6.92 Å². The van der Waals surface area contributed by atoms with Crippen LogP contribution in [0.4, 0.5) is 0 Å². The fourth-order valence-electron chi connectivity index (χ4n) is 1.17. The van der Waals surface area contributed by atoms with Gasteiger partial charge in [-0.3, -0.25) is 0 Å². The molecule has 1 atom stereocenters. The van der Waals surface area contributed by atoms with E-state index in [2.05, 4.69) is 0 Å². The van der Waals surface area contributed by atoms with Gasteiger partial charge < -0.3 is 14.4 Å². The molecule has 0 saturated heterocycles. The first kappa shape index (κ1) is 18.2. The summed E-state index contributed by atoms with van der Waals surface area (Å²) in [4.78, 5) is 0. The van der Waals surface area contributed by atoms with Crippen molar-refractivity contribution in [3.05, 3.63) is 0 Å². The summed E-state index contributed by atoms with van der Waals surface area (Å²) in [6.45, 7) is 1.47. The quantitative estimate of drug-likeness (QED) is 0.221. The van der Waals surface area contributed by atoms with Crippen LogP contribution in [-0.2, 0) is 14.9 Å². The van der Waals surface area contributed by atoms with Crippen LogP contribution < -0.4 is 29.6 Å². The second-order valence-electron chi connectivity index (χ2n) is 3.14. The SMILES string of the molecule is CCCCCC(CS(=O)(=O)[O-])OCO.[Na+]. The summed E-state index contributed by atoms with van der Waals surface area (Å²) in [5.41, 5.74) is 0. The Bertz CT molecular complexity index is 229. The molecule has 0 aromatic heterocycles.